The van der Waals surface area contributed by atoms with Gasteiger partial charge in [0.1, 0.15) is 11.6 Å². The van der Waals surface area contributed by atoms with Gasteiger partial charge in [-0.05, 0) is 65.5 Å². The summed E-state index contributed by atoms with van der Waals surface area (Å²) in [7, 11) is 0. The average Bonchev–Trinajstić information content (AvgIpc) is 3.33. The van der Waals surface area contributed by atoms with Crippen LogP contribution in [0.25, 0.3) is 11.4 Å². The number of nitrogens with zero attached hydrogens (tertiary/aromatic N) is 4. The van der Waals surface area contributed by atoms with E-state index < -0.39 is 5.82 Å². The molecule has 30 heavy (non-hydrogen) atoms. The van der Waals surface area contributed by atoms with Crippen LogP contribution in [-0.4, -0.2) is 43.9 Å². The van der Waals surface area contributed by atoms with Crippen molar-refractivity contribution in [2.45, 2.75) is 37.4 Å². The van der Waals surface area contributed by atoms with E-state index in [0.29, 0.717) is 5.56 Å². The number of nitrogens with one attached hydrogen (secondary N) is 1. The van der Waals surface area contributed by atoms with Crippen LogP contribution in [0.5, 0.6) is 0 Å². The van der Waals surface area contributed by atoms with Gasteiger partial charge >= 0.3 is 0 Å². The molecule has 0 unspecified atom stereocenters. The fourth-order valence-electron chi connectivity index (χ4n) is 4.61. The highest BCUT2D eigenvalue weighted by atomic mass is 79.9. The Morgan fingerprint density at radius 2 is 1.93 bits per heavy atom. The molecule has 0 saturated carbocycles. The summed E-state index contributed by atoms with van der Waals surface area (Å²) in [5.41, 5.74) is 0.467. The van der Waals surface area contributed by atoms with Crippen LogP contribution in [0.4, 0.5) is 10.2 Å². The second-order valence-corrected chi connectivity index (χ2v) is 8.51. The molecule has 2 bridgehead atoms. The van der Waals surface area contributed by atoms with Gasteiger partial charge in [-0.2, -0.15) is 0 Å². The van der Waals surface area contributed by atoms with Gasteiger partial charge in [-0.3, -0.25) is 4.79 Å². The first kappa shape index (κ1) is 19.1. The van der Waals surface area contributed by atoms with E-state index in [2.05, 4.69) is 36.2 Å². The average molecular weight is 468 g/mol. The molecule has 3 aromatic rings. The van der Waals surface area contributed by atoms with E-state index >= 15 is 0 Å². The maximum absolute atomic E-state index is 14.7. The molecule has 2 aromatic heterocycles. The molecule has 2 fully saturated rings. The monoisotopic (exact) mass is 467 g/mol. The van der Waals surface area contributed by atoms with Crippen molar-refractivity contribution in [3.8, 4) is 11.4 Å². The summed E-state index contributed by atoms with van der Waals surface area (Å²) in [5, 5.41) is 3.47. The Balaban J connectivity index is 1.44. The summed E-state index contributed by atoms with van der Waals surface area (Å²) in [6, 6.07) is 10.4. The first-order valence-corrected chi connectivity index (χ1v) is 10.7. The standard InChI is InChI=1S/C22H19BrFN5O/c23-13-5-8-19(27-12-13)28-17-11-14-6-7-18(17)29(14)22(30)15-3-1-4-16(24)20(15)21-25-9-2-10-26-21/h1-5,8-10,12,14,17-18H,6-7,11H2,(H,27,28)/t14-,17-,18+/m1/s1. The fraction of sp³-hybridized carbons (Fsp3) is 0.273. The number of anilines is 1. The Hall–Kier alpha value is -2.87. The largest absolute Gasteiger partial charge is 0.365 e. The Morgan fingerprint density at radius 3 is 2.70 bits per heavy atom. The number of carbonyl (C=O) groups is 1. The smallest absolute Gasteiger partial charge is 0.255 e. The zero-order valence-corrected chi connectivity index (χ0v) is 17.6. The van der Waals surface area contributed by atoms with Gasteiger partial charge in [0.2, 0.25) is 0 Å². The normalized spacial score (nSPS) is 22.3. The summed E-state index contributed by atoms with van der Waals surface area (Å²) >= 11 is 3.39. The van der Waals surface area contributed by atoms with Crippen molar-refractivity contribution < 1.29 is 9.18 Å². The summed E-state index contributed by atoms with van der Waals surface area (Å²) in [6.07, 6.45) is 7.56. The molecule has 2 aliphatic rings. The molecule has 1 aromatic carbocycles. The highest BCUT2D eigenvalue weighted by molar-refractivity contribution is 9.10. The lowest BCUT2D eigenvalue weighted by Crippen LogP contribution is -2.40. The molecule has 152 valence electrons. The van der Waals surface area contributed by atoms with Crippen LogP contribution < -0.4 is 5.32 Å². The molecule has 3 atom stereocenters. The molecule has 1 N–H and O–H groups in total. The van der Waals surface area contributed by atoms with Crippen LogP contribution in [0, 0.1) is 5.82 Å². The topological polar surface area (TPSA) is 71.0 Å². The van der Waals surface area contributed by atoms with Crippen molar-refractivity contribution in [3.05, 3.63) is 70.8 Å². The zero-order chi connectivity index (χ0) is 20.7. The summed E-state index contributed by atoms with van der Waals surface area (Å²) in [5.74, 6) is 0.344. The van der Waals surface area contributed by atoms with E-state index in [1.54, 1.807) is 36.8 Å². The number of amides is 1. The lowest BCUT2D eigenvalue weighted by Gasteiger charge is -2.26. The third-order valence-corrected chi connectivity index (χ3v) is 6.33. The Labute approximate surface area is 181 Å². The molecule has 2 aliphatic heterocycles. The predicted octanol–water partition coefficient (Wildman–Crippen LogP) is 4.30. The predicted molar refractivity (Wildman–Crippen MR) is 114 cm³/mol. The Kier molecular flexibility index (Phi) is 4.94. The Bertz CT molecular complexity index is 1080. The SMILES string of the molecule is O=C(c1cccc(F)c1-c1ncccn1)N1[C@@H]2CC[C@H]1[C@H](Nc1ccc(Br)cn1)C2. The quantitative estimate of drug-likeness (QED) is 0.619. The van der Waals surface area contributed by atoms with Crippen LogP contribution >= 0.6 is 15.9 Å². The van der Waals surface area contributed by atoms with Crippen LogP contribution in [0.1, 0.15) is 29.6 Å². The number of hydrogen-bond acceptors (Lipinski definition) is 5. The molecule has 2 saturated heterocycles. The van der Waals surface area contributed by atoms with E-state index in [4.69, 9.17) is 0 Å². The maximum Gasteiger partial charge on any atom is 0.255 e. The number of fused-ring (bicyclic) bond motifs is 2. The molecule has 1 amide bonds. The molecule has 6 nitrogen and oxygen atoms in total. The second kappa shape index (κ2) is 7.75. The maximum atomic E-state index is 14.7. The van der Waals surface area contributed by atoms with E-state index in [9.17, 15) is 9.18 Å². The van der Waals surface area contributed by atoms with E-state index in [0.717, 1.165) is 29.6 Å². The first-order chi connectivity index (χ1) is 14.6. The third-order valence-electron chi connectivity index (χ3n) is 5.87. The number of carbonyl (C=O) groups excluding carboxylic acids is 1. The molecule has 0 radical (unpaired) electrons. The lowest BCUT2D eigenvalue weighted by atomic mass is 9.95. The van der Waals surface area contributed by atoms with Gasteiger partial charge in [-0.1, -0.05) is 6.07 Å². The van der Waals surface area contributed by atoms with Crippen molar-refractivity contribution in [2.24, 2.45) is 0 Å². The van der Waals surface area contributed by atoms with Crippen LogP contribution in [-0.2, 0) is 0 Å². The van der Waals surface area contributed by atoms with Crippen molar-refractivity contribution in [3.63, 3.8) is 0 Å². The minimum Gasteiger partial charge on any atom is -0.365 e. The number of pyridine rings is 1. The minimum absolute atomic E-state index is 0.0424. The number of benzene rings is 1. The van der Waals surface area contributed by atoms with Crippen LogP contribution in [0.15, 0.2) is 59.5 Å². The minimum atomic E-state index is -0.493. The third kappa shape index (κ3) is 3.35. The molecule has 0 aliphatic carbocycles. The van der Waals surface area contributed by atoms with Gasteiger partial charge in [0.25, 0.3) is 5.91 Å². The van der Waals surface area contributed by atoms with Gasteiger partial charge in [0.05, 0.1) is 17.2 Å². The van der Waals surface area contributed by atoms with Gasteiger partial charge in [0.15, 0.2) is 5.82 Å². The summed E-state index contributed by atoms with van der Waals surface area (Å²) in [6.45, 7) is 0. The zero-order valence-electron chi connectivity index (χ0n) is 16.0. The van der Waals surface area contributed by atoms with Gasteiger partial charge in [-0.25, -0.2) is 19.3 Å². The van der Waals surface area contributed by atoms with E-state index in [1.165, 1.54) is 6.07 Å². The van der Waals surface area contributed by atoms with Crippen LogP contribution in [0.2, 0.25) is 0 Å². The first-order valence-electron chi connectivity index (χ1n) is 9.88. The van der Waals surface area contributed by atoms with Crippen molar-refractivity contribution >= 4 is 27.7 Å². The summed E-state index contributed by atoms with van der Waals surface area (Å²) < 4.78 is 15.6. The van der Waals surface area contributed by atoms with Gasteiger partial charge in [0, 0.05) is 35.1 Å². The van der Waals surface area contributed by atoms with Gasteiger partial charge in [-0.15, -0.1) is 0 Å². The molecule has 4 heterocycles. The van der Waals surface area contributed by atoms with E-state index in [-0.39, 0.29) is 35.4 Å². The molecule has 0 spiro atoms. The summed E-state index contributed by atoms with van der Waals surface area (Å²) in [4.78, 5) is 28.2. The van der Waals surface area contributed by atoms with E-state index in [1.807, 2.05) is 17.0 Å². The highest BCUT2D eigenvalue weighted by Gasteiger charge is 2.49. The second-order valence-electron chi connectivity index (χ2n) is 7.59. The molecule has 8 heteroatoms. The molecular weight excluding hydrogens is 449 g/mol. The highest BCUT2D eigenvalue weighted by Crippen LogP contribution is 2.41. The number of hydrogen-bond donors (Lipinski definition) is 1. The van der Waals surface area contributed by atoms with Crippen molar-refractivity contribution in [1.29, 1.82) is 0 Å². The molecular formula is C22H19BrFN5O. The number of aromatic nitrogens is 3. The van der Waals surface area contributed by atoms with Crippen molar-refractivity contribution in [2.75, 3.05) is 5.32 Å². The fourth-order valence-corrected chi connectivity index (χ4v) is 4.84. The van der Waals surface area contributed by atoms with Crippen molar-refractivity contribution in [1.82, 2.24) is 19.9 Å². The van der Waals surface area contributed by atoms with Crippen LogP contribution in [0.3, 0.4) is 0 Å². The lowest BCUT2D eigenvalue weighted by molar-refractivity contribution is 0.0728. The molecule has 5 rings (SSSR count). The Morgan fingerprint density at radius 1 is 1.10 bits per heavy atom. The van der Waals surface area contributed by atoms with Gasteiger partial charge < -0.3 is 10.2 Å². The number of halogens is 2. The number of rotatable bonds is 4.